The fourth-order valence-electron chi connectivity index (χ4n) is 2.04. The molecule has 0 radical (unpaired) electrons. The van der Waals surface area contributed by atoms with Gasteiger partial charge in [-0.15, -0.1) is 0 Å². The number of hydrogen-bond acceptors (Lipinski definition) is 2. The van der Waals surface area contributed by atoms with Crippen molar-refractivity contribution in [2.24, 2.45) is 0 Å². The standard InChI is InChI=1S/C15H32O2/c1-4-6-7-8-9-10-11-12-15(14(3)16)17-13-5-2/h14-16H,4-13H2,1-3H3. The SMILES string of the molecule is CCCCCCCCCC(OCCC)C(C)O. The van der Waals surface area contributed by atoms with Crippen molar-refractivity contribution >= 4 is 0 Å². The highest BCUT2D eigenvalue weighted by Crippen LogP contribution is 2.13. The van der Waals surface area contributed by atoms with Crippen LogP contribution in [0.1, 0.15) is 78.6 Å². The van der Waals surface area contributed by atoms with Gasteiger partial charge in [0.05, 0.1) is 12.2 Å². The zero-order valence-corrected chi connectivity index (χ0v) is 12.1. The minimum Gasteiger partial charge on any atom is -0.391 e. The summed E-state index contributed by atoms with van der Waals surface area (Å²) in [7, 11) is 0. The first-order chi connectivity index (χ1) is 8.22. The molecule has 2 atom stereocenters. The van der Waals surface area contributed by atoms with Crippen molar-refractivity contribution in [1.29, 1.82) is 0 Å². The highest BCUT2D eigenvalue weighted by atomic mass is 16.5. The molecule has 0 rings (SSSR count). The number of aliphatic hydroxyl groups excluding tert-OH is 1. The molecule has 2 unspecified atom stereocenters. The summed E-state index contributed by atoms with van der Waals surface area (Å²) in [5, 5.41) is 9.59. The van der Waals surface area contributed by atoms with Gasteiger partial charge in [-0.2, -0.15) is 0 Å². The van der Waals surface area contributed by atoms with Crippen molar-refractivity contribution < 1.29 is 9.84 Å². The Morgan fingerprint density at radius 1 is 0.882 bits per heavy atom. The molecule has 0 aromatic rings. The van der Waals surface area contributed by atoms with E-state index in [2.05, 4.69) is 13.8 Å². The second kappa shape index (κ2) is 12.4. The van der Waals surface area contributed by atoms with Crippen LogP contribution < -0.4 is 0 Å². The highest BCUT2D eigenvalue weighted by molar-refractivity contribution is 4.64. The molecule has 2 heteroatoms. The number of rotatable bonds is 12. The van der Waals surface area contributed by atoms with Crippen molar-refractivity contribution in [3.8, 4) is 0 Å². The van der Waals surface area contributed by atoms with Crippen molar-refractivity contribution in [3.63, 3.8) is 0 Å². The van der Waals surface area contributed by atoms with E-state index in [4.69, 9.17) is 4.74 Å². The van der Waals surface area contributed by atoms with Gasteiger partial charge in [-0.1, -0.05) is 58.8 Å². The van der Waals surface area contributed by atoms with Crippen LogP contribution in [0.5, 0.6) is 0 Å². The zero-order valence-electron chi connectivity index (χ0n) is 12.1. The molecule has 0 heterocycles. The van der Waals surface area contributed by atoms with Crippen molar-refractivity contribution in [1.82, 2.24) is 0 Å². The number of unbranched alkanes of at least 4 members (excludes halogenated alkanes) is 6. The molecule has 0 spiro atoms. The first kappa shape index (κ1) is 16.9. The third kappa shape index (κ3) is 10.8. The average molecular weight is 244 g/mol. The molecule has 0 aliphatic carbocycles. The van der Waals surface area contributed by atoms with Crippen LogP contribution in [0.25, 0.3) is 0 Å². The molecule has 0 aliphatic rings. The Labute approximate surface area is 108 Å². The van der Waals surface area contributed by atoms with Gasteiger partial charge in [0.15, 0.2) is 0 Å². The molecule has 0 bridgehead atoms. The van der Waals surface area contributed by atoms with E-state index < -0.39 is 0 Å². The molecule has 0 fully saturated rings. The Morgan fingerprint density at radius 3 is 2.00 bits per heavy atom. The molecular formula is C15H32O2. The minimum absolute atomic E-state index is 0.0468. The van der Waals surface area contributed by atoms with Crippen molar-refractivity contribution in [2.75, 3.05) is 6.61 Å². The third-order valence-electron chi connectivity index (χ3n) is 3.17. The van der Waals surface area contributed by atoms with E-state index >= 15 is 0 Å². The summed E-state index contributed by atoms with van der Waals surface area (Å²) in [5.41, 5.74) is 0. The smallest absolute Gasteiger partial charge is 0.0831 e. The van der Waals surface area contributed by atoms with Crippen LogP contribution in [-0.4, -0.2) is 23.9 Å². The van der Waals surface area contributed by atoms with E-state index in [0.717, 1.165) is 19.4 Å². The number of aliphatic hydroxyl groups is 1. The fraction of sp³-hybridized carbons (Fsp3) is 1.00. The molecule has 0 aliphatic heterocycles. The molecule has 2 nitrogen and oxygen atoms in total. The first-order valence-electron chi connectivity index (χ1n) is 7.52. The van der Waals surface area contributed by atoms with Gasteiger partial charge in [0.25, 0.3) is 0 Å². The molecule has 1 N–H and O–H groups in total. The van der Waals surface area contributed by atoms with Crippen molar-refractivity contribution in [3.05, 3.63) is 0 Å². The summed E-state index contributed by atoms with van der Waals surface area (Å²) >= 11 is 0. The second-order valence-corrected chi connectivity index (χ2v) is 5.06. The first-order valence-corrected chi connectivity index (χ1v) is 7.52. The van der Waals surface area contributed by atoms with Gasteiger partial charge in [-0.05, 0) is 19.8 Å². The lowest BCUT2D eigenvalue weighted by Crippen LogP contribution is -2.26. The average Bonchev–Trinajstić information content (AvgIpc) is 2.31. The summed E-state index contributed by atoms with van der Waals surface area (Å²) in [6, 6.07) is 0. The molecule has 0 saturated carbocycles. The maximum Gasteiger partial charge on any atom is 0.0831 e. The van der Waals surface area contributed by atoms with E-state index in [1.807, 2.05) is 6.92 Å². The van der Waals surface area contributed by atoms with Gasteiger partial charge in [0.2, 0.25) is 0 Å². The molecule has 0 aromatic carbocycles. The number of ether oxygens (including phenoxy) is 1. The Bertz CT molecular complexity index is 146. The normalized spacial score (nSPS) is 14.8. The van der Waals surface area contributed by atoms with Gasteiger partial charge in [0.1, 0.15) is 0 Å². The molecule has 0 saturated heterocycles. The summed E-state index contributed by atoms with van der Waals surface area (Å²) in [6.07, 6.45) is 11.0. The van der Waals surface area contributed by atoms with Gasteiger partial charge >= 0.3 is 0 Å². The number of hydrogen-bond donors (Lipinski definition) is 1. The highest BCUT2D eigenvalue weighted by Gasteiger charge is 2.14. The Hall–Kier alpha value is -0.0800. The lowest BCUT2D eigenvalue weighted by molar-refractivity contribution is -0.0343. The lowest BCUT2D eigenvalue weighted by Gasteiger charge is -2.20. The second-order valence-electron chi connectivity index (χ2n) is 5.06. The fourth-order valence-corrected chi connectivity index (χ4v) is 2.04. The monoisotopic (exact) mass is 244 g/mol. The van der Waals surface area contributed by atoms with Crippen LogP contribution in [0.4, 0.5) is 0 Å². The Kier molecular flexibility index (Phi) is 12.3. The van der Waals surface area contributed by atoms with Crippen LogP contribution in [0.3, 0.4) is 0 Å². The van der Waals surface area contributed by atoms with Gasteiger partial charge < -0.3 is 9.84 Å². The van der Waals surface area contributed by atoms with Crippen LogP contribution in [0.15, 0.2) is 0 Å². The summed E-state index contributed by atoms with van der Waals surface area (Å²) in [4.78, 5) is 0. The van der Waals surface area contributed by atoms with Gasteiger partial charge in [0, 0.05) is 6.61 Å². The largest absolute Gasteiger partial charge is 0.391 e. The Morgan fingerprint density at radius 2 is 1.47 bits per heavy atom. The van der Waals surface area contributed by atoms with E-state index in [9.17, 15) is 5.11 Å². The quantitative estimate of drug-likeness (QED) is 0.519. The minimum atomic E-state index is -0.332. The predicted octanol–water partition coefficient (Wildman–Crippen LogP) is 4.30. The summed E-state index contributed by atoms with van der Waals surface area (Å²) in [6.45, 7) is 6.96. The van der Waals surface area contributed by atoms with E-state index in [1.165, 1.54) is 44.9 Å². The van der Waals surface area contributed by atoms with Crippen LogP contribution in [0.2, 0.25) is 0 Å². The molecule has 0 amide bonds. The Balaban J connectivity index is 3.41. The van der Waals surface area contributed by atoms with Gasteiger partial charge in [-0.3, -0.25) is 0 Å². The molecule has 17 heavy (non-hydrogen) atoms. The van der Waals surface area contributed by atoms with E-state index in [0.29, 0.717) is 0 Å². The topological polar surface area (TPSA) is 29.5 Å². The summed E-state index contributed by atoms with van der Waals surface area (Å²) in [5.74, 6) is 0. The molecule has 104 valence electrons. The molecular weight excluding hydrogens is 212 g/mol. The summed E-state index contributed by atoms with van der Waals surface area (Å²) < 4.78 is 5.65. The maximum absolute atomic E-state index is 9.59. The van der Waals surface area contributed by atoms with Crippen LogP contribution in [-0.2, 0) is 4.74 Å². The molecule has 0 aromatic heterocycles. The maximum atomic E-state index is 9.59. The third-order valence-corrected chi connectivity index (χ3v) is 3.17. The van der Waals surface area contributed by atoms with Crippen LogP contribution >= 0.6 is 0 Å². The van der Waals surface area contributed by atoms with E-state index in [-0.39, 0.29) is 12.2 Å². The van der Waals surface area contributed by atoms with Crippen LogP contribution in [0, 0.1) is 0 Å². The predicted molar refractivity (Wildman–Crippen MR) is 74.3 cm³/mol. The van der Waals surface area contributed by atoms with Gasteiger partial charge in [-0.25, -0.2) is 0 Å². The van der Waals surface area contributed by atoms with Crippen molar-refractivity contribution in [2.45, 2.75) is 90.8 Å². The van der Waals surface area contributed by atoms with E-state index in [1.54, 1.807) is 0 Å². The lowest BCUT2D eigenvalue weighted by atomic mass is 10.0. The zero-order chi connectivity index (χ0) is 12.9.